The van der Waals surface area contributed by atoms with Crippen molar-refractivity contribution in [3.63, 3.8) is 0 Å². The number of anilines is 1. The first-order valence-electron chi connectivity index (χ1n) is 7.31. The van der Waals surface area contributed by atoms with Crippen LogP contribution in [0.3, 0.4) is 0 Å². The second-order valence-electron chi connectivity index (χ2n) is 5.81. The molecule has 1 N–H and O–H groups in total. The molecule has 4 heteroatoms. The zero-order valence-electron chi connectivity index (χ0n) is 11.8. The highest BCUT2D eigenvalue weighted by molar-refractivity contribution is 5.51. The van der Waals surface area contributed by atoms with Gasteiger partial charge in [0.15, 0.2) is 5.65 Å². The number of fused-ring (bicyclic) bond motifs is 1. The highest BCUT2D eigenvalue weighted by Crippen LogP contribution is 2.26. The molecule has 1 saturated carbocycles. The Balaban J connectivity index is 1.89. The summed E-state index contributed by atoms with van der Waals surface area (Å²) in [7, 11) is 0. The normalized spacial score (nSPS) is 24.3. The molecule has 0 bridgehead atoms. The van der Waals surface area contributed by atoms with Gasteiger partial charge in [-0.25, -0.2) is 4.98 Å². The first kappa shape index (κ1) is 12.5. The Morgan fingerprint density at radius 2 is 2.05 bits per heavy atom. The minimum absolute atomic E-state index is 0.552. The molecule has 2 aromatic rings. The molecular weight excluding hydrogens is 236 g/mol. The molecule has 0 radical (unpaired) electrons. The molecule has 1 fully saturated rings. The Labute approximate surface area is 114 Å². The van der Waals surface area contributed by atoms with Gasteiger partial charge in [-0.1, -0.05) is 26.2 Å². The summed E-state index contributed by atoms with van der Waals surface area (Å²) in [5.41, 5.74) is 2.15. The van der Waals surface area contributed by atoms with Crippen molar-refractivity contribution in [2.24, 2.45) is 5.92 Å². The number of nitrogens with zero attached hydrogens (tertiary/aromatic N) is 3. The smallest absolute Gasteiger partial charge is 0.157 e. The molecule has 2 heterocycles. The minimum atomic E-state index is 0.552. The van der Waals surface area contributed by atoms with E-state index in [1.165, 1.54) is 37.7 Å². The highest BCUT2D eigenvalue weighted by Gasteiger charge is 2.20. The fourth-order valence-electron chi connectivity index (χ4n) is 3.06. The number of pyridine rings is 1. The van der Waals surface area contributed by atoms with Crippen molar-refractivity contribution in [3.8, 4) is 0 Å². The maximum Gasteiger partial charge on any atom is 0.157 e. The van der Waals surface area contributed by atoms with E-state index < -0.39 is 0 Å². The molecule has 1 aliphatic rings. The summed E-state index contributed by atoms with van der Waals surface area (Å²) in [5.74, 6) is 1.80. The molecule has 0 amide bonds. The van der Waals surface area contributed by atoms with Gasteiger partial charge in [0.25, 0.3) is 0 Å². The number of hydrogen-bond acceptors (Lipinski definition) is 3. The summed E-state index contributed by atoms with van der Waals surface area (Å²) < 4.78 is 1.91. The van der Waals surface area contributed by atoms with Gasteiger partial charge < -0.3 is 5.32 Å². The molecule has 0 spiro atoms. The third kappa shape index (κ3) is 2.57. The monoisotopic (exact) mass is 258 g/mol. The van der Waals surface area contributed by atoms with Gasteiger partial charge in [0.1, 0.15) is 12.1 Å². The van der Waals surface area contributed by atoms with Gasteiger partial charge in [-0.15, -0.1) is 0 Å². The van der Waals surface area contributed by atoms with Crippen molar-refractivity contribution < 1.29 is 0 Å². The van der Waals surface area contributed by atoms with E-state index in [0.717, 1.165) is 17.4 Å². The molecule has 0 saturated heterocycles. The topological polar surface area (TPSA) is 42.2 Å². The standard InChI is InChI=1S/C15H22N4/c1-11-8-14-16-10-17-19(14)15(9-11)18-13-7-5-3-4-6-12(13)2/h8-10,12-13,18H,3-7H2,1-2H3. The molecule has 0 aromatic carbocycles. The van der Waals surface area contributed by atoms with Crippen LogP contribution in [0, 0.1) is 12.8 Å². The average molecular weight is 258 g/mol. The Morgan fingerprint density at radius 1 is 1.21 bits per heavy atom. The fraction of sp³-hybridized carbons (Fsp3) is 0.600. The molecule has 4 nitrogen and oxygen atoms in total. The first-order chi connectivity index (χ1) is 9.24. The lowest BCUT2D eigenvalue weighted by atomic mass is 9.97. The van der Waals surface area contributed by atoms with E-state index in [4.69, 9.17) is 0 Å². The zero-order chi connectivity index (χ0) is 13.2. The van der Waals surface area contributed by atoms with Crippen LogP contribution in [0.2, 0.25) is 0 Å². The molecule has 2 aromatic heterocycles. The van der Waals surface area contributed by atoms with Gasteiger partial charge in [0.05, 0.1) is 0 Å². The maximum absolute atomic E-state index is 4.32. The van der Waals surface area contributed by atoms with Crippen molar-refractivity contribution in [2.75, 3.05) is 5.32 Å². The number of rotatable bonds is 2. The summed E-state index contributed by atoms with van der Waals surface area (Å²) in [4.78, 5) is 4.28. The van der Waals surface area contributed by atoms with Crippen LogP contribution in [-0.2, 0) is 0 Å². The van der Waals surface area contributed by atoms with Crippen LogP contribution >= 0.6 is 0 Å². The van der Waals surface area contributed by atoms with E-state index in [-0.39, 0.29) is 0 Å². The van der Waals surface area contributed by atoms with Crippen LogP contribution in [0.1, 0.15) is 44.6 Å². The second-order valence-corrected chi connectivity index (χ2v) is 5.81. The molecule has 1 aliphatic carbocycles. The SMILES string of the molecule is Cc1cc(NC2CCCCCC2C)n2ncnc2c1. The number of aryl methyl sites for hydroxylation is 1. The van der Waals surface area contributed by atoms with Crippen LogP contribution in [-0.4, -0.2) is 20.6 Å². The van der Waals surface area contributed by atoms with E-state index in [1.807, 2.05) is 4.52 Å². The average Bonchev–Trinajstić information content (AvgIpc) is 2.75. The lowest BCUT2D eigenvalue weighted by Crippen LogP contribution is -2.27. The number of nitrogens with one attached hydrogen (secondary N) is 1. The third-order valence-electron chi connectivity index (χ3n) is 4.22. The molecular formula is C15H22N4. The van der Waals surface area contributed by atoms with Crippen LogP contribution in [0.5, 0.6) is 0 Å². The van der Waals surface area contributed by atoms with Gasteiger partial charge in [-0.3, -0.25) is 0 Å². The largest absolute Gasteiger partial charge is 0.367 e. The van der Waals surface area contributed by atoms with Crippen molar-refractivity contribution in [2.45, 2.75) is 52.0 Å². The van der Waals surface area contributed by atoms with E-state index in [1.54, 1.807) is 6.33 Å². The van der Waals surface area contributed by atoms with Crippen LogP contribution in [0.15, 0.2) is 18.5 Å². The fourth-order valence-corrected chi connectivity index (χ4v) is 3.06. The molecule has 2 unspecified atom stereocenters. The van der Waals surface area contributed by atoms with Crippen LogP contribution < -0.4 is 5.32 Å². The first-order valence-corrected chi connectivity index (χ1v) is 7.31. The van der Waals surface area contributed by atoms with Crippen LogP contribution in [0.25, 0.3) is 5.65 Å². The predicted octanol–water partition coefficient (Wildman–Crippen LogP) is 3.42. The Bertz CT molecular complexity index is 560. The lowest BCUT2D eigenvalue weighted by molar-refractivity contribution is 0.455. The Hall–Kier alpha value is -1.58. The van der Waals surface area contributed by atoms with E-state index in [2.05, 4.69) is 41.4 Å². The van der Waals surface area contributed by atoms with Gasteiger partial charge >= 0.3 is 0 Å². The molecule has 2 atom stereocenters. The third-order valence-corrected chi connectivity index (χ3v) is 4.22. The van der Waals surface area contributed by atoms with Crippen molar-refractivity contribution in [3.05, 3.63) is 24.0 Å². The Morgan fingerprint density at radius 3 is 2.95 bits per heavy atom. The maximum atomic E-state index is 4.32. The van der Waals surface area contributed by atoms with Gasteiger partial charge in [0.2, 0.25) is 0 Å². The van der Waals surface area contributed by atoms with E-state index in [0.29, 0.717) is 6.04 Å². The molecule has 19 heavy (non-hydrogen) atoms. The predicted molar refractivity (Wildman–Crippen MR) is 77.4 cm³/mol. The highest BCUT2D eigenvalue weighted by atomic mass is 15.3. The summed E-state index contributed by atoms with van der Waals surface area (Å²) >= 11 is 0. The summed E-state index contributed by atoms with van der Waals surface area (Å²) in [6.07, 6.45) is 8.26. The molecule has 3 rings (SSSR count). The van der Waals surface area contributed by atoms with Crippen molar-refractivity contribution in [1.29, 1.82) is 0 Å². The lowest BCUT2D eigenvalue weighted by Gasteiger charge is -2.24. The number of aromatic nitrogens is 3. The van der Waals surface area contributed by atoms with E-state index in [9.17, 15) is 0 Å². The van der Waals surface area contributed by atoms with Crippen molar-refractivity contribution in [1.82, 2.24) is 14.6 Å². The quantitative estimate of drug-likeness (QED) is 0.839. The molecule has 0 aliphatic heterocycles. The van der Waals surface area contributed by atoms with Crippen molar-refractivity contribution >= 4 is 11.5 Å². The molecule has 102 valence electrons. The minimum Gasteiger partial charge on any atom is -0.367 e. The summed E-state index contributed by atoms with van der Waals surface area (Å²) in [6.45, 7) is 4.47. The number of hydrogen-bond donors (Lipinski definition) is 1. The van der Waals surface area contributed by atoms with Gasteiger partial charge in [-0.05, 0) is 43.4 Å². The zero-order valence-corrected chi connectivity index (χ0v) is 11.8. The van der Waals surface area contributed by atoms with Crippen LogP contribution in [0.4, 0.5) is 5.82 Å². The summed E-state index contributed by atoms with van der Waals surface area (Å²) in [5, 5.41) is 8.02. The second kappa shape index (κ2) is 5.19. The van der Waals surface area contributed by atoms with Gasteiger partial charge in [0, 0.05) is 6.04 Å². The van der Waals surface area contributed by atoms with E-state index >= 15 is 0 Å². The summed E-state index contributed by atoms with van der Waals surface area (Å²) in [6, 6.07) is 4.78. The Kier molecular flexibility index (Phi) is 3.40. The van der Waals surface area contributed by atoms with Gasteiger partial charge in [-0.2, -0.15) is 9.61 Å².